The van der Waals surface area contributed by atoms with Gasteiger partial charge in [0.05, 0.1) is 12.0 Å². The molecule has 2 rings (SSSR count). The molecule has 0 atom stereocenters. The van der Waals surface area contributed by atoms with E-state index in [-0.39, 0.29) is 13.1 Å². The van der Waals surface area contributed by atoms with Gasteiger partial charge in [-0.3, -0.25) is 4.79 Å². The molecule has 0 aromatic carbocycles. The molecule has 0 aliphatic carbocycles. The molecule has 1 aliphatic rings. The van der Waals surface area contributed by atoms with E-state index in [1.54, 1.807) is 13.0 Å². The molecule has 0 bridgehead atoms. The van der Waals surface area contributed by atoms with Crippen molar-refractivity contribution in [3.63, 3.8) is 0 Å². The predicted molar refractivity (Wildman–Crippen MR) is 71.6 cm³/mol. The van der Waals surface area contributed by atoms with Crippen LogP contribution in [0.2, 0.25) is 0 Å². The topological polar surface area (TPSA) is 114 Å². The number of aromatic nitrogens is 1. The molecule has 1 saturated heterocycles. The van der Waals surface area contributed by atoms with Gasteiger partial charge in [0, 0.05) is 25.8 Å². The van der Waals surface area contributed by atoms with Gasteiger partial charge in [0.1, 0.15) is 11.5 Å². The zero-order valence-electron chi connectivity index (χ0n) is 11.8. The fourth-order valence-corrected chi connectivity index (χ4v) is 2.21. The average Bonchev–Trinajstić information content (AvgIpc) is 2.89. The molecule has 1 aromatic rings. The zero-order valence-corrected chi connectivity index (χ0v) is 11.8. The number of nitrogens with one attached hydrogen (secondary N) is 2. The van der Waals surface area contributed by atoms with Crippen molar-refractivity contribution in [2.45, 2.75) is 26.3 Å². The second-order valence-corrected chi connectivity index (χ2v) is 5.16. The summed E-state index contributed by atoms with van der Waals surface area (Å²) in [7, 11) is 0. The second kappa shape index (κ2) is 6.57. The summed E-state index contributed by atoms with van der Waals surface area (Å²) in [5, 5.41) is 18.3. The molecule has 0 spiro atoms. The minimum absolute atomic E-state index is 0.0787. The molecule has 8 heteroatoms. The number of aryl methyl sites for hydroxylation is 1. The van der Waals surface area contributed by atoms with Crippen LogP contribution >= 0.6 is 0 Å². The lowest BCUT2D eigenvalue weighted by Crippen LogP contribution is -2.48. The lowest BCUT2D eigenvalue weighted by Gasteiger charge is -2.33. The number of hydrogen-bond donors (Lipinski definition) is 3. The Bertz CT molecular complexity index is 508. The number of nitrogens with zero attached hydrogens (tertiary/aromatic N) is 1. The van der Waals surface area contributed by atoms with Crippen LogP contribution in [0.3, 0.4) is 0 Å². The van der Waals surface area contributed by atoms with Gasteiger partial charge in [0.15, 0.2) is 0 Å². The van der Waals surface area contributed by atoms with Gasteiger partial charge in [-0.2, -0.15) is 0 Å². The minimum atomic E-state index is -0.944. The highest BCUT2D eigenvalue weighted by Crippen LogP contribution is 2.29. The van der Waals surface area contributed by atoms with Crippen LogP contribution in [0, 0.1) is 12.3 Å². The number of carbonyl (C=O) groups is 2. The maximum Gasteiger partial charge on any atom is 0.315 e. The zero-order chi connectivity index (χ0) is 15.3. The molecule has 1 aliphatic heterocycles. The third kappa shape index (κ3) is 3.94. The van der Waals surface area contributed by atoms with E-state index in [2.05, 4.69) is 15.8 Å². The van der Waals surface area contributed by atoms with Crippen LogP contribution in [0.4, 0.5) is 4.79 Å². The molecule has 0 radical (unpaired) electrons. The molecule has 8 nitrogen and oxygen atoms in total. The Morgan fingerprint density at radius 2 is 2.10 bits per heavy atom. The molecule has 1 fully saturated rings. The van der Waals surface area contributed by atoms with Gasteiger partial charge in [0.25, 0.3) is 0 Å². The molecule has 3 N–H and O–H groups in total. The van der Waals surface area contributed by atoms with Crippen LogP contribution in [0.1, 0.15) is 24.3 Å². The largest absolute Gasteiger partial charge is 0.481 e. The van der Waals surface area contributed by atoms with E-state index in [1.807, 2.05) is 0 Å². The third-order valence-corrected chi connectivity index (χ3v) is 3.60. The van der Waals surface area contributed by atoms with E-state index in [1.165, 1.54) is 0 Å². The van der Waals surface area contributed by atoms with Gasteiger partial charge in [-0.15, -0.1) is 0 Å². The van der Waals surface area contributed by atoms with Crippen molar-refractivity contribution in [3.8, 4) is 0 Å². The smallest absolute Gasteiger partial charge is 0.315 e. The minimum Gasteiger partial charge on any atom is -0.481 e. The first-order chi connectivity index (χ1) is 10.0. The average molecular weight is 297 g/mol. The summed E-state index contributed by atoms with van der Waals surface area (Å²) in [4.78, 5) is 23.1. The molecule has 21 heavy (non-hydrogen) atoms. The molecule has 2 heterocycles. The van der Waals surface area contributed by atoms with Gasteiger partial charge in [-0.05, 0) is 19.8 Å². The summed E-state index contributed by atoms with van der Waals surface area (Å²) in [6.07, 6.45) is 0.788. The summed E-state index contributed by atoms with van der Waals surface area (Å²) in [6.45, 7) is 2.86. The number of carboxylic acid groups (broad SMARTS) is 1. The van der Waals surface area contributed by atoms with Crippen LogP contribution in [-0.4, -0.2) is 42.0 Å². The molecule has 1 aromatic heterocycles. The fourth-order valence-electron chi connectivity index (χ4n) is 2.21. The summed E-state index contributed by atoms with van der Waals surface area (Å²) in [5.74, 6) is -0.238. The van der Waals surface area contributed by atoms with Crippen molar-refractivity contribution < 1.29 is 24.0 Å². The molecular formula is C13H19N3O5. The summed E-state index contributed by atoms with van der Waals surface area (Å²) in [6, 6.07) is 1.29. The first-order valence-corrected chi connectivity index (χ1v) is 6.77. The van der Waals surface area contributed by atoms with E-state index in [0.29, 0.717) is 37.5 Å². The Hall–Kier alpha value is -2.09. The van der Waals surface area contributed by atoms with Gasteiger partial charge < -0.3 is 25.0 Å². The van der Waals surface area contributed by atoms with Gasteiger partial charge in [-0.25, -0.2) is 4.79 Å². The van der Waals surface area contributed by atoms with Crippen molar-refractivity contribution in [2.24, 2.45) is 5.41 Å². The summed E-state index contributed by atoms with van der Waals surface area (Å²) >= 11 is 0. The van der Waals surface area contributed by atoms with E-state index in [9.17, 15) is 14.7 Å². The first kappa shape index (κ1) is 15.3. The van der Waals surface area contributed by atoms with Gasteiger partial charge >= 0.3 is 12.0 Å². The number of carboxylic acids is 1. The number of rotatable bonds is 5. The number of urea groups is 1. The Kier molecular flexibility index (Phi) is 4.79. The highest BCUT2D eigenvalue weighted by molar-refractivity contribution is 5.78. The highest BCUT2D eigenvalue weighted by Gasteiger charge is 2.40. The van der Waals surface area contributed by atoms with Crippen LogP contribution in [-0.2, 0) is 16.1 Å². The SMILES string of the molecule is Cc1cc(CNC(=O)NCC2(C(=O)O)CCOCC2)no1. The van der Waals surface area contributed by atoms with Crippen molar-refractivity contribution in [3.05, 3.63) is 17.5 Å². The van der Waals surface area contributed by atoms with Crippen molar-refractivity contribution in [1.82, 2.24) is 15.8 Å². The van der Waals surface area contributed by atoms with E-state index < -0.39 is 17.4 Å². The number of ether oxygens (including phenoxy) is 1. The lowest BCUT2D eigenvalue weighted by atomic mass is 9.80. The summed E-state index contributed by atoms with van der Waals surface area (Å²) in [5.41, 5.74) is -0.332. The first-order valence-electron chi connectivity index (χ1n) is 6.77. The van der Waals surface area contributed by atoms with Crippen LogP contribution in [0.5, 0.6) is 0 Å². The van der Waals surface area contributed by atoms with Crippen molar-refractivity contribution in [2.75, 3.05) is 19.8 Å². The van der Waals surface area contributed by atoms with Crippen LogP contribution in [0.25, 0.3) is 0 Å². The van der Waals surface area contributed by atoms with E-state index in [0.717, 1.165) is 0 Å². The maximum absolute atomic E-state index is 11.7. The Balaban J connectivity index is 1.80. The fraction of sp³-hybridized carbons (Fsp3) is 0.615. The Morgan fingerprint density at radius 3 is 2.67 bits per heavy atom. The Labute approximate surface area is 121 Å². The quantitative estimate of drug-likeness (QED) is 0.736. The molecule has 0 saturated carbocycles. The number of amides is 2. The monoisotopic (exact) mass is 297 g/mol. The highest BCUT2D eigenvalue weighted by atomic mass is 16.5. The van der Waals surface area contributed by atoms with E-state index >= 15 is 0 Å². The molecule has 0 unspecified atom stereocenters. The van der Waals surface area contributed by atoms with Gasteiger partial charge in [-0.1, -0.05) is 5.16 Å². The van der Waals surface area contributed by atoms with Crippen LogP contribution in [0.15, 0.2) is 10.6 Å². The lowest BCUT2D eigenvalue weighted by molar-refractivity contribution is -0.154. The summed E-state index contributed by atoms with van der Waals surface area (Å²) < 4.78 is 10.1. The maximum atomic E-state index is 11.7. The number of carbonyl (C=O) groups excluding carboxylic acids is 1. The van der Waals surface area contributed by atoms with Crippen molar-refractivity contribution >= 4 is 12.0 Å². The molecule has 116 valence electrons. The Morgan fingerprint density at radius 1 is 1.38 bits per heavy atom. The van der Waals surface area contributed by atoms with Crippen LogP contribution < -0.4 is 10.6 Å². The van der Waals surface area contributed by atoms with Crippen molar-refractivity contribution in [1.29, 1.82) is 0 Å². The second-order valence-electron chi connectivity index (χ2n) is 5.16. The van der Waals surface area contributed by atoms with Gasteiger partial charge in [0.2, 0.25) is 0 Å². The third-order valence-electron chi connectivity index (χ3n) is 3.60. The number of hydrogen-bond acceptors (Lipinski definition) is 5. The molecule has 2 amide bonds. The predicted octanol–water partition coefficient (Wildman–Crippen LogP) is 0.664. The normalized spacial score (nSPS) is 17.2. The number of aliphatic carboxylic acids is 1. The standard InChI is InChI=1S/C13H19N3O5/c1-9-6-10(16-21-9)7-14-12(19)15-8-13(11(17)18)2-4-20-5-3-13/h6H,2-5,7-8H2,1H3,(H,17,18)(H2,14,15,19). The van der Waals surface area contributed by atoms with E-state index in [4.69, 9.17) is 9.26 Å². The molecular weight excluding hydrogens is 278 g/mol.